The number of amides is 2. The van der Waals surface area contributed by atoms with Crippen molar-refractivity contribution in [3.05, 3.63) is 53.6 Å². The number of nitrogens with one attached hydrogen (secondary N) is 1. The Morgan fingerprint density at radius 1 is 1.12 bits per heavy atom. The quantitative estimate of drug-likeness (QED) is 0.512. The van der Waals surface area contributed by atoms with E-state index in [1.54, 1.807) is 17.9 Å². The predicted octanol–water partition coefficient (Wildman–Crippen LogP) is 4.81. The maximum atomic E-state index is 13.0. The van der Waals surface area contributed by atoms with Crippen molar-refractivity contribution in [3.63, 3.8) is 0 Å². The van der Waals surface area contributed by atoms with Crippen LogP contribution in [0.2, 0.25) is 0 Å². The first-order chi connectivity index (χ1) is 15.4. The second kappa shape index (κ2) is 10.8. The fourth-order valence-corrected chi connectivity index (χ4v) is 3.96. The molecule has 2 aromatic carbocycles. The molecule has 0 aromatic heterocycles. The molecule has 1 unspecified atom stereocenters. The largest absolute Gasteiger partial charge is 0.493 e. The van der Waals surface area contributed by atoms with Crippen LogP contribution in [0.1, 0.15) is 38.3 Å². The Hall–Kier alpha value is -2.95. The summed E-state index contributed by atoms with van der Waals surface area (Å²) in [4.78, 5) is 13.4. The number of methoxy groups -OCH3 is 1. The first-order valence-electron chi connectivity index (χ1n) is 10.3. The third-order valence-corrected chi connectivity index (χ3v) is 6.17. The zero-order chi connectivity index (χ0) is 24.8. The first-order valence-corrected chi connectivity index (χ1v) is 11.7. The van der Waals surface area contributed by atoms with Crippen molar-refractivity contribution in [1.29, 1.82) is 0 Å². The van der Waals surface area contributed by atoms with Gasteiger partial charge in [0.05, 0.1) is 12.7 Å². The molecule has 0 aliphatic rings. The third kappa shape index (κ3) is 6.77. The Morgan fingerprint density at radius 3 is 2.39 bits per heavy atom. The van der Waals surface area contributed by atoms with Gasteiger partial charge in [0.15, 0.2) is 11.5 Å². The number of benzene rings is 2. The van der Waals surface area contributed by atoms with E-state index in [2.05, 4.69) is 5.32 Å². The van der Waals surface area contributed by atoms with E-state index in [-0.39, 0.29) is 30.1 Å². The lowest BCUT2D eigenvalue weighted by atomic mass is 10.1. The Bertz CT molecular complexity index is 1070. The average molecular weight is 489 g/mol. The maximum absolute atomic E-state index is 13.0. The summed E-state index contributed by atoms with van der Waals surface area (Å²) in [6.45, 7) is 6.21. The van der Waals surface area contributed by atoms with E-state index in [1.807, 2.05) is 13.8 Å². The smallest absolute Gasteiger partial charge is 0.416 e. The zero-order valence-corrected chi connectivity index (χ0v) is 19.6. The van der Waals surface area contributed by atoms with Gasteiger partial charge in [-0.2, -0.15) is 21.6 Å². The van der Waals surface area contributed by atoms with Crippen LogP contribution in [-0.2, 0) is 22.8 Å². The standard InChI is InChI=1S/C22H27F3N2O5S/c1-5-15(3)27(21(28)26-6-2)14-16-10-11-19(31-4)20(12-16)32-33(29,30)18-9-7-8-17(13-18)22(23,24)25/h7-13,15H,5-6,14H2,1-4H3,(H,26,28). The molecule has 2 amide bonds. The number of hydrogen-bond donors (Lipinski definition) is 1. The molecule has 0 saturated heterocycles. The Labute approximate surface area is 191 Å². The highest BCUT2D eigenvalue weighted by atomic mass is 32.2. The summed E-state index contributed by atoms with van der Waals surface area (Å²) in [5.74, 6) is -0.130. The number of ether oxygens (including phenoxy) is 1. The normalized spacial score (nSPS) is 12.7. The van der Waals surface area contributed by atoms with Crippen LogP contribution in [0.25, 0.3) is 0 Å². The van der Waals surface area contributed by atoms with Crippen LogP contribution in [-0.4, -0.2) is 39.0 Å². The lowest BCUT2D eigenvalue weighted by Crippen LogP contribution is -2.44. The Kier molecular flexibility index (Phi) is 8.59. The van der Waals surface area contributed by atoms with E-state index in [4.69, 9.17) is 8.92 Å². The third-order valence-electron chi connectivity index (χ3n) is 4.94. The van der Waals surface area contributed by atoms with Gasteiger partial charge in [-0.15, -0.1) is 0 Å². The molecule has 0 aliphatic heterocycles. The minimum absolute atomic E-state index is 0.0717. The zero-order valence-electron chi connectivity index (χ0n) is 18.8. The molecule has 0 saturated carbocycles. The number of rotatable bonds is 9. The van der Waals surface area contributed by atoms with Gasteiger partial charge in [0.25, 0.3) is 0 Å². The fourth-order valence-electron chi connectivity index (χ4n) is 2.98. The molecule has 0 aliphatic carbocycles. The van der Waals surface area contributed by atoms with Crippen LogP contribution in [0.3, 0.4) is 0 Å². The summed E-state index contributed by atoms with van der Waals surface area (Å²) in [6.07, 6.45) is -4.01. The molecule has 33 heavy (non-hydrogen) atoms. The second-order valence-corrected chi connectivity index (χ2v) is 8.82. The minimum Gasteiger partial charge on any atom is -0.493 e. The molecular formula is C22H27F3N2O5S. The van der Waals surface area contributed by atoms with Crippen molar-refractivity contribution in [3.8, 4) is 11.5 Å². The topological polar surface area (TPSA) is 84.9 Å². The average Bonchev–Trinajstić information content (AvgIpc) is 2.76. The van der Waals surface area contributed by atoms with E-state index >= 15 is 0 Å². The molecular weight excluding hydrogens is 461 g/mol. The van der Waals surface area contributed by atoms with Crippen LogP contribution < -0.4 is 14.2 Å². The maximum Gasteiger partial charge on any atom is 0.416 e. The predicted molar refractivity (Wildman–Crippen MR) is 117 cm³/mol. The fraction of sp³-hybridized carbons (Fsp3) is 0.409. The van der Waals surface area contributed by atoms with Gasteiger partial charge in [-0.1, -0.05) is 19.1 Å². The number of halogens is 3. The monoisotopic (exact) mass is 488 g/mol. The number of hydrogen-bond acceptors (Lipinski definition) is 5. The number of alkyl halides is 3. The molecule has 0 bridgehead atoms. The van der Waals surface area contributed by atoms with Crippen molar-refractivity contribution in [2.24, 2.45) is 0 Å². The lowest BCUT2D eigenvalue weighted by molar-refractivity contribution is -0.137. The molecule has 2 rings (SSSR count). The molecule has 7 nitrogen and oxygen atoms in total. The van der Waals surface area contributed by atoms with Crippen LogP contribution in [0.15, 0.2) is 47.4 Å². The highest BCUT2D eigenvalue weighted by Crippen LogP contribution is 2.34. The van der Waals surface area contributed by atoms with Crippen molar-refractivity contribution in [1.82, 2.24) is 10.2 Å². The van der Waals surface area contributed by atoms with Crippen molar-refractivity contribution >= 4 is 16.1 Å². The number of nitrogens with zero attached hydrogens (tertiary/aromatic N) is 1. The summed E-state index contributed by atoms with van der Waals surface area (Å²) < 4.78 is 74.7. The minimum atomic E-state index is -4.71. The van der Waals surface area contributed by atoms with E-state index in [0.29, 0.717) is 24.6 Å². The van der Waals surface area contributed by atoms with Crippen molar-refractivity contribution in [2.75, 3.05) is 13.7 Å². The molecule has 182 valence electrons. The van der Waals surface area contributed by atoms with Gasteiger partial charge in [-0.3, -0.25) is 0 Å². The first kappa shape index (κ1) is 26.3. The van der Waals surface area contributed by atoms with Gasteiger partial charge in [-0.05, 0) is 56.2 Å². The van der Waals surface area contributed by atoms with Gasteiger partial charge in [0.1, 0.15) is 4.90 Å². The molecule has 0 spiro atoms. The van der Waals surface area contributed by atoms with Crippen LogP contribution in [0, 0.1) is 0 Å². The number of carbonyl (C=O) groups excluding carboxylic acids is 1. The lowest BCUT2D eigenvalue weighted by Gasteiger charge is -2.29. The van der Waals surface area contributed by atoms with E-state index in [9.17, 15) is 26.4 Å². The molecule has 1 atom stereocenters. The Morgan fingerprint density at radius 2 is 1.82 bits per heavy atom. The van der Waals surface area contributed by atoms with Crippen LogP contribution in [0.5, 0.6) is 11.5 Å². The van der Waals surface area contributed by atoms with Gasteiger partial charge in [0, 0.05) is 19.1 Å². The van der Waals surface area contributed by atoms with E-state index < -0.39 is 26.8 Å². The number of carbonyl (C=O) groups is 1. The van der Waals surface area contributed by atoms with Crippen molar-refractivity contribution < 1.29 is 35.3 Å². The summed E-state index contributed by atoms with van der Waals surface area (Å²) in [5.41, 5.74) is -0.560. The summed E-state index contributed by atoms with van der Waals surface area (Å²) >= 11 is 0. The molecule has 11 heteroatoms. The number of urea groups is 1. The SMILES string of the molecule is CCNC(=O)N(Cc1ccc(OC)c(OS(=O)(=O)c2cccc(C(F)(F)F)c2)c1)C(C)CC. The molecule has 0 radical (unpaired) electrons. The van der Waals surface area contributed by atoms with E-state index in [0.717, 1.165) is 18.2 Å². The van der Waals surface area contributed by atoms with Gasteiger partial charge in [-0.25, -0.2) is 4.79 Å². The van der Waals surface area contributed by atoms with Gasteiger partial charge in [0.2, 0.25) is 0 Å². The van der Waals surface area contributed by atoms with Gasteiger partial charge < -0.3 is 19.1 Å². The summed E-state index contributed by atoms with van der Waals surface area (Å²) in [6, 6.07) is 7.41. The van der Waals surface area contributed by atoms with Crippen LogP contribution >= 0.6 is 0 Å². The molecule has 1 N–H and O–H groups in total. The van der Waals surface area contributed by atoms with Crippen LogP contribution in [0.4, 0.5) is 18.0 Å². The van der Waals surface area contributed by atoms with E-state index in [1.165, 1.54) is 19.2 Å². The Balaban J connectivity index is 2.39. The molecule has 0 fully saturated rings. The molecule has 0 heterocycles. The highest BCUT2D eigenvalue weighted by Gasteiger charge is 2.32. The second-order valence-electron chi connectivity index (χ2n) is 7.27. The molecule has 2 aromatic rings. The summed E-state index contributed by atoms with van der Waals surface area (Å²) in [5, 5.41) is 2.74. The van der Waals surface area contributed by atoms with Gasteiger partial charge >= 0.3 is 22.3 Å². The van der Waals surface area contributed by atoms with Crippen molar-refractivity contribution in [2.45, 2.75) is 50.9 Å². The highest BCUT2D eigenvalue weighted by molar-refractivity contribution is 7.87. The summed E-state index contributed by atoms with van der Waals surface area (Å²) in [7, 11) is -3.29.